The number of aryl methyl sites for hydroxylation is 1. The largest absolute Gasteiger partial charge is 0.338 e. The Bertz CT molecular complexity index is 1780. The van der Waals surface area contributed by atoms with Crippen LogP contribution in [0, 0.1) is 12.7 Å². The van der Waals surface area contributed by atoms with E-state index in [1.807, 2.05) is 30.6 Å². The van der Waals surface area contributed by atoms with Crippen molar-refractivity contribution in [3.05, 3.63) is 112 Å². The zero-order valence-electron chi connectivity index (χ0n) is 24.0. The zero-order valence-corrected chi connectivity index (χ0v) is 24.0. The van der Waals surface area contributed by atoms with Crippen LogP contribution in [0.25, 0.3) is 22.3 Å². The van der Waals surface area contributed by atoms with Crippen molar-refractivity contribution in [1.29, 1.82) is 0 Å². The third-order valence-electron chi connectivity index (χ3n) is 9.33. The average molecular weight is 556 g/mol. The van der Waals surface area contributed by atoms with E-state index in [0.717, 1.165) is 59.8 Å². The van der Waals surface area contributed by atoms with Gasteiger partial charge in [-0.1, -0.05) is 30.7 Å². The van der Waals surface area contributed by atoms with Crippen LogP contribution < -0.4 is 5.32 Å². The maximum atomic E-state index is 14.8. The van der Waals surface area contributed by atoms with E-state index < -0.39 is 0 Å². The van der Waals surface area contributed by atoms with Gasteiger partial charge in [-0.05, 0) is 103 Å². The lowest BCUT2D eigenvalue weighted by Crippen LogP contribution is -2.29. The highest BCUT2D eigenvalue weighted by atomic mass is 19.1. The molecular formula is C36H34FN5. The summed E-state index contributed by atoms with van der Waals surface area (Å²) in [6, 6.07) is 15.9. The highest BCUT2D eigenvalue weighted by Crippen LogP contribution is 2.57. The van der Waals surface area contributed by atoms with Crippen LogP contribution >= 0.6 is 0 Å². The molecule has 6 heteroatoms. The summed E-state index contributed by atoms with van der Waals surface area (Å²) >= 11 is 0. The Labute approximate surface area is 246 Å². The third kappa shape index (κ3) is 4.45. The summed E-state index contributed by atoms with van der Waals surface area (Å²) < 4.78 is 14.8. The van der Waals surface area contributed by atoms with Crippen LogP contribution in [0.1, 0.15) is 59.4 Å². The fraction of sp³-hybridized carbons (Fsp3) is 0.306. The van der Waals surface area contributed by atoms with Gasteiger partial charge in [0, 0.05) is 59.9 Å². The van der Waals surface area contributed by atoms with Gasteiger partial charge in [0.05, 0.1) is 11.4 Å². The van der Waals surface area contributed by atoms with E-state index >= 15 is 0 Å². The number of benzene rings is 2. The number of aromatic nitrogens is 2. The maximum absolute atomic E-state index is 14.8. The molecule has 0 radical (unpaired) electrons. The maximum Gasteiger partial charge on any atom is 0.134 e. The molecule has 4 aromatic rings. The van der Waals surface area contributed by atoms with Crippen LogP contribution in [-0.4, -0.2) is 40.2 Å². The second-order valence-electron chi connectivity index (χ2n) is 12.1. The molecule has 1 atom stereocenters. The molecule has 1 saturated heterocycles. The van der Waals surface area contributed by atoms with E-state index in [9.17, 15) is 4.39 Å². The Kier molecular flexibility index (Phi) is 6.25. The highest BCUT2D eigenvalue weighted by Gasteiger charge is 2.44. The van der Waals surface area contributed by atoms with E-state index in [4.69, 9.17) is 9.98 Å². The van der Waals surface area contributed by atoms with Crippen molar-refractivity contribution in [2.45, 2.75) is 51.5 Å². The Morgan fingerprint density at radius 2 is 1.83 bits per heavy atom. The van der Waals surface area contributed by atoms with Crippen molar-refractivity contribution in [2.75, 3.05) is 25.0 Å². The number of hydrogen-bond acceptors (Lipinski definition) is 5. The van der Waals surface area contributed by atoms with Gasteiger partial charge in [-0.2, -0.15) is 0 Å². The van der Waals surface area contributed by atoms with Crippen molar-refractivity contribution in [3.8, 4) is 22.3 Å². The predicted molar refractivity (Wildman–Crippen MR) is 166 cm³/mol. The molecule has 8 rings (SSSR count). The number of fused-ring (bicyclic) bond motifs is 4. The van der Waals surface area contributed by atoms with Crippen molar-refractivity contribution >= 4 is 11.5 Å². The molecule has 210 valence electrons. The van der Waals surface area contributed by atoms with Gasteiger partial charge in [0.15, 0.2) is 0 Å². The van der Waals surface area contributed by atoms with Gasteiger partial charge < -0.3 is 5.32 Å². The Morgan fingerprint density at radius 1 is 0.952 bits per heavy atom. The zero-order chi connectivity index (χ0) is 28.2. The van der Waals surface area contributed by atoms with Gasteiger partial charge in [0.1, 0.15) is 11.6 Å². The smallest absolute Gasteiger partial charge is 0.134 e. The molecule has 42 heavy (non-hydrogen) atoms. The topological polar surface area (TPSA) is 53.4 Å². The summed E-state index contributed by atoms with van der Waals surface area (Å²) in [5.41, 5.74) is 13.6. The first-order valence-electron chi connectivity index (χ1n) is 15.2. The molecule has 2 aromatic heterocycles. The van der Waals surface area contributed by atoms with Gasteiger partial charge in [-0.15, -0.1) is 0 Å². The molecule has 0 spiro atoms. The Balaban J connectivity index is 1.14. The lowest BCUT2D eigenvalue weighted by molar-refractivity contribution is 0.220. The SMILES string of the molecule is Cc1cc(-c2cncc(CN3CCCCC3)c2)cc2c1CCN=C2C1=C2CC2c2c(-c3ccccc3F)ccnc2N1. The van der Waals surface area contributed by atoms with E-state index in [-0.39, 0.29) is 11.7 Å². The number of hydrogen-bond donors (Lipinski definition) is 1. The monoisotopic (exact) mass is 555 g/mol. The van der Waals surface area contributed by atoms with Crippen molar-refractivity contribution < 1.29 is 4.39 Å². The van der Waals surface area contributed by atoms with Crippen LogP contribution in [-0.2, 0) is 13.0 Å². The van der Waals surface area contributed by atoms with Crippen molar-refractivity contribution in [1.82, 2.24) is 14.9 Å². The highest BCUT2D eigenvalue weighted by molar-refractivity contribution is 6.17. The summed E-state index contributed by atoms with van der Waals surface area (Å²) in [4.78, 5) is 17.0. The number of pyridine rings is 2. The minimum Gasteiger partial charge on any atom is -0.338 e. The van der Waals surface area contributed by atoms with Gasteiger partial charge >= 0.3 is 0 Å². The number of anilines is 1. The average Bonchev–Trinajstić information content (AvgIpc) is 3.82. The summed E-state index contributed by atoms with van der Waals surface area (Å²) in [7, 11) is 0. The minimum atomic E-state index is -0.203. The first-order valence-corrected chi connectivity index (χ1v) is 15.2. The minimum absolute atomic E-state index is 0.203. The fourth-order valence-electron chi connectivity index (χ4n) is 7.18. The number of allylic oxidation sites excluding steroid dienone is 2. The standard InChI is InChI=1S/C36H34FN5/c1-22-15-24(25-16-23(19-38-20-25)21-42-13-5-2-6-14-42)17-30-26(22)9-11-39-34(30)35-31-18-29(31)33-28(10-12-40-36(33)41-35)27-7-3-4-8-32(27)37/h3-4,7-8,10,12,15-17,19-20,29H,2,5-6,9,11,13-14,18,21H2,1H3,(H,40,41). The summed E-state index contributed by atoms with van der Waals surface area (Å²) in [6.07, 6.45) is 11.6. The number of nitrogens with one attached hydrogen (secondary N) is 1. The molecule has 4 aliphatic rings. The fourth-order valence-corrected chi connectivity index (χ4v) is 7.18. The van der Waals surface area contributed by atoms with Crippen LogP contribution in [0.15, 0.2) is 83.4 Å². The van der Waals surface area contributed by atoms with E-state index in [0.29, 0.717) is 5.56 Å². The number of likely N-dealkylation sites (tertiary alicyclic amines) is 1. The van der Waals surface area contributed by atoms with Crippen LogP contribution in [0.2, 0.25) is 0 Å². The predicted octanol–water partition coefficient (Wildman–Crippen LogP) is 7.46. The van der Waals surface area contributed by atoms with Crippen LogP contribution in [0.3, 0.4) is 0 Å². The molecule has 1 N–H and O–H groups in total. The van der Waals surface area contributed by atoms with Crippen LogP contribution in [0.5, 0.6) is 0 Å². The quantitative estimate of drug-likeness (QED) is 0.278. The van der Waals surface area contributed by atoms with Crippen molar-refractivity contribution in [2.24, 2.45) is 4.99 Å². The molecule has 5 nitrogen and oxygen atoms in total. The van der Waals surface area contributed by atoms with Gasteiger partial charge in [-0.3, -0.25) is 14.9 Å². The second-order valence-corrected chi connectivity index (χ2v) is 12.1. The van der Waals surface area contributed by atoms with Gasteiger partial charge in [0.25, 0.3) is 0 Å². The molecule has 1 aliphatic carbocycles. The number of aliphatic imine (C=N–C) groups is 1. The van der Waals surface area contributed by atoms with Crippen molar-refractivity contribution in [3.63, 3.8) is 0 Å². The third-order valence-corrected chi connectivity index (χ3v) is 9.33. The molecule has 5 heterocycles. The first-order chi connectivity index (χ1) is 20.6. The van der Waals surface area contributed by atoms with E-state index in [2.05, 4.69) is 40.3 Å². The number of piperidine rings is 1. The molecule has 2 aromatic carbocycles. The number of halogens is 1. The molecular weight excluding hydrogens is 521 g/mol. The molecule has 0 amide bonds. The Hall–Kier alpha value is -4.16. The van der Waals surface area contributed by atoms with Gasteiger partial charge in [-0.25, -0.2) is 9.37 Å². The second kappa shape index (κ2) is 10.3. The number of rotatable bonds is 5. The summed E-state index contributed by atoms with van der Waals surface area (Å²) in [5.74, 6) is 0.854. The molecule has 2 fully saturated rings. The lowest BCUT2D eigenvalue weighted by Gasteiger charge is -2.27. The van der Waals surface area contributed by atoms with E-state index in [1.165, 1.54) is 71.8 Å². The molecule has 0 bridgehead atoms. The number of nitrogens with zero attached hydrogens (tertiary/aromatic N) is 4. The molecule has 3 aliphatic heterocycles. The molecule has 1 unspecified atom stereocenters. The van der Waals surface area contributed by atoms with Gasteiger partial charge in [0.2, 0.25) is 0 Å². The van der Waals surface area contributed by atoms with E-state index in [1.54, 1.807) is 12.3 Å². The molecule has 1 saturated carbocycles. The normalized spacial score (nSPS) is 19.4. The lowest BCUT2D eigenvalue weighted by atomic mass is 9.87. The first kappa shape index (κ1) is 25.5. The summed E-state index contributed by atoms with van der Waals surface area (Å²) in [6.45, 7) is 6.30. The Morgan fingerprint density at radius 3 is 2.71 bits per heavy atom. The summed E-state index contributed by atoms with van der Waals surface area (Å²) in [5, 5.41) is 3.66. The van der Waals surface area contributed by atoms with Crippen LogP contribution in [0.4, 0.5) is 10.2 Å².